The van der Waals surface area contributed by atoms with Crippen molar-refractivity contribution >= 4 is 10.1 Å². The van der Waals surface area contributed by atoms with Gasteiger partial charge in [0.1, 0.15) is 0 Å². The quantitative estimate of drug-likeness (QED) is 0.130. The molecule has 0 unspecified atom stereocenters. The summed E-state index contributed by atoms with van der Waals surface area (Å²) in [5.41, 5.74) is 15.1. The van der Waals surface area contributed by atoms with Crippen LogP contribution in [-0.2, 0) is 16.5 Å². The molecule has 1 N–H and O–H groups in total. The van der Waals surface area contributed by atoms with E-state index in [2.05, 4.69) is 115 Å². The third kappa shape index (κ3) is 7.03. The van der Waals surface area contributed by atoms with Gasteiger partial charge in [-0.2, -0.15) is 47.9 Å². The Labute approximate surface area is 306 Å². The zero-order chi connectivity index (χ0) is 39.1. The van der Waals surface area contributed by atoms with Crippen LogP contribution in [0, 0.1) is 0 Å². The summed E-state index contributed by atoms with van der Waals surface area (Å²) in [4.78, 5) is 0. The average molecular weight is 777 g/mol. The van der Waals surface area contributed by atoms with Crippen molar-refractivity contribution in [1.29, 1.82) is 0 Å². The van der Waals surface area contributed by atoms with Crippen LogP contribution in [0.2, 0.25) is 0 Å². The highest BCUT2D eigenvalue weighted by atomic mass is 32.2. The third-order valence-corrected chi connectivity index (χ3v) is 10.9. The summed E-state index contributed by atoms with van der Waals surface area (Å²) in [5.74, 6) is -14.0. The molecule has 0 radical (unpaired) electrons. The highest BCUT2D eigenvalue weighted by Gasteiger charge is 2.85. The van der Waals surface area contributed by atoms with Gasteiger partial charge in [0, 0.05) is 0 Å². The first kappa shape index (κ1) is 39.1. The van der Waals surface area contributed by atoms with E-state index in [9.17, 15) is 47.9 Å². The molecular weight excluding hydrogens is 743 g/mol. The number of halogens is 9. The molecule has 0 aromatic heterocycles. The van der Waals surface area contributed by atoms with Crippen LogP contribution >= 0.6 is 0 Å². The molecule has 7 rings (SSSR count). The van der Waals surface area contributed by atoms with Crippen molar-refractivity contribution in [1.82, 2.24) is 0 Å². The first-order valence-electron chi connectivity index (χ1n) is 17.0. The molecule has 3 nitrogen and oxygen atoms in total. The van der Waals surface area contributed by atoms with Gasteiger partial charge in [-0.05, 0) is 92.4 Å². The van der Waals surface area contributed by atoms with Gasteiger partial charge >= 0.3 is 33.4 Å². The Bertz CT molecular complexity index is 2210. The maximum absolute atomic E-state index is 12.2. The monoisotopic (exact) mass is 776 g/mol. The van der Waals surface area contributed by atoms with Gasteiger partial charge in [0.15, 0.2) is 0 Å². The summed E-state index contributed by atoms with van der Waals surface area (Å²) in [5, 5.41) is -7.00. The van der Waals surface area contributed by atoms with Gasteiger partial charge in [0.05, 0.1) is 0 Å². The molecule has 2 aliphatic rings. The van der Waals surface area contributed by atoms with E-state index < -0.39 is 33.4 Å². The zero-order valence-corrected chi connectivity index (χ0v) is 29.2. The molecule has 0 amide bonds. The van der Waals surface area contributed by atoms with Crippen LogP contribution in [0.15, 0.2) is 115 Å². The maximum atomic E-state index is 12.2. The molecule has 1 saturated carbocycles. The standard InChI is InChI=1S/C37H32.C4HF9O3S/c1-4-12-26(13-5-1)27-20-22-28(23-21-27)33-25-34-32-19-11-10-18-31(32)24-35(34)37(30-16-8-3-9-17-30)36(33)29-14-6-2-7-15-29;5-1(6,3(9,10)11)2(7,8)4(12,13)17(14,15)16/h2-3,6-11,14-23,25-26H,1,4-5,12-13,24H2;(H,14,15,16). The lowest BCUT2D eigenvalue weighted by molar-refractivity contribution is -0.382. The van der Waals surface area contributed by atoms with Crippen molar-refractivity contribution in [3.05, 3.63) is 132 Å². The van der Waals surface area contributed by atoms with E-state index in [1.165, 1.54) is 93.3 Å². The first-order valence-corrected chi connectivity index (χ1v) is 18.5. The van der Waals surface area contributed by atoms with Crippen LogP contribution in [0.3, 0.4) is 0 Å². The van der Waals surface area contributed by atoms with E-state index in [0.29, 0.717) is 0 Å². The lowest BCUT2D eigenvalue weighted by Crippen LogP contribution is -2.63. The fraction of sp³-hybridized carbons (Fsp3) is 0.268. The van der Waals surface area contributed by atoms with Crippen molar-refractivity contribution in [2.24, 2.45) is 0 Å². The fourth-order valence-corrected chi connectivity index (χ4v) is 7.68. The highest BCUT2D eigenvalue weighted by Crippen LogP contribution is 2.55. The molecule has 2 aliphatic carbocycles. The van der Waals surface area contributed by atoms with Gasteiger partial charge in [-0.25, -0.2) is 0 Å². The molecule has 5 aromatic carbocycles. The Morgan fingerprint density at radius 1 is 0.537 bits per heavy atom. The minimum absolute atomic E-state index is 0.725. The van der Waals surface area contributed by atoms with Gasteiger partial charge < -0.3 is 0 Å². The highest BCUT2D eigenvalue weighted by molar-refractivity contribution is 7.87. The van der Waals surface area contributed by atoms with Crippen LogP contribution in [-0.4, -0.2) is 36.2 Å². The van der Waals surface area contributed by atoms with Crippen LogP contribution in [0.4, 0.5) is 39.5 Å². The Hall–Kier alpha value is -4.62. The molecule has 0 aliphatic heterocycles. The van der Waals surface area contributed by atoms with E-state index >= 15 is 0 Å². The maximum Gasteiger partial charge on any atom is 0.460 e. The molecule has 54 heavy (non-hydrogen) atoms. The van der Waals surface area contributed by atoms with Crippen LogP contribution in [0.1, 0.15) is 54.7 Å². The predicted molar refractivity (Wildman–Crippen MR) is 189 cm³/mol. The molecular formula is C41H33F9O3S. The lowest BCUT2D eigenvalue weighted by Gasteiger charge is -2.31. The summed E-state index contributed by atoms with van der Waals surface area (Å²) in [6.07, 6.45) is 0.657. The molecule has 0 heterocycles. The Balaban J connectivity index is 0.000000250. The summed E-state index contributed by atoms with van der Waals surface area (Å²) in [6, 6.07) is 43.0. The van der Waals surface area contributed by atoms with E-state index in [4.69, 9.17) is 4.55 Å². The number of hydrogen-bond donors (Lipinski definition) is 1. The summed E-state index contributed by atoms with van der Waals surface area (Å²) < 4.78 is 134. The average Bonchev–Trinajstić information content (AvgIpc) is 3.53. The Morgan fingerprint density at radius 2 is 1.06 bits per heavy atom. The van der Waals surface area contributed by atoms with Crippen molar-refractivity contribution in [2.75, 3.05) is 0 Å². The lowest BCUT2D eigenvalue weighted by atomic mass is 9.81. The molecule has 0 bridgehead atoms. The van der Waals surface area contributed by atoms with Gasteiger partial charge in [0.2, 0.25) is 0 Å². The van der Waals surface area contributed by atoms with E-state index in [1.807, 2.05) is 0 Å². The molecule has 0 spiro atoms. The number of hydrogen-bond acceptors (Lipinski definition) is 2. The van der Waals surface area contributed by atoms with Gasteiger partial charge in [-0.15, -0.1) is 0 Å². The van der Waals surface area contributed by atoms with Crippen molar-refractivity contribution in [2.45, 2.75) is 67.7 Å². The molecule has 284 valence electrons. The van der Waals surface area contributed by atoms with E-state index in [-0.39, 0.29) is 0 Å². The second-order valence-electron chi connectivity index (χ2n) is 13.4. The second-order valence-corrected chi connectivity index (χ2v) is 14.8. The van der Waals surface area contributed by atoms with Crippen LogP contribution < -0.4 is 0 Å². The van der Waals surface area contributed by atoms with Crippen LogP contribution in [0.25, 0.3) is 44.5 Å². The smallest absolute Gasteiger partial charge is 0.281 e. The predicted octanol–water partition coefficient (Wildman–Crippen LogP) is 12.6. The summed E-state index contributed by atoms with van der Waals surface area (Å²) in [6.45, 7) is 0. The second kappa shape index (κ2) is 14.6. The SMILES string of the molecule is O=S(=O)(O)C(F)(F)C(F)(F)C(F)(F)C(F)(F)F.c1ccc(-c2c(-c3ccc(C4CCCCC4)cc3)cc3c(c2-c2ccccc2)Cc2ccccc2-3)cc1. The molecule has 13 heteroatoms. The first-order chi connectivity index (χ1) is 25.4. The topological polar surface area (TPSA) is 54.4 Å². The van der Waals surface area contributed by atoms with E-state index in [1.54, 1.807) is 0 Å². The van der Waals surface area contributed by atoms with Crippen molar-refractivity contribution in [3.8, 4) is 44.5 Å². The number of fused-ring (bicyclic) bond motifs is 3. The zero-order valence-electron chi connectivity index (χ0n) is 28.4. The van der Waals surface area contributed by atoms with Crippen LogP contribution in [0.5, 0.6) is 0 Å². The minimum Gasteiger partial charge on any atom is -0.281 e. The third-order valence-electron chi connectivity index (χ3n) is 9.97. The summed E-state index contributed by atoms with van der Waals surface area (Å²) >= 11 is 0. The fourth-order valence-electron chi connectivity index (χ4n) is 7.22. The molecule has 5 aromatic rings. The Morgan fingerprint density at radius 3 is 1.59 bits per heavy atom. The summed E-state index contributed by atoms with van der Waals surface area (Å²) in [7, 11) is -7.17. The van der Waals surface area contributed by atoms with Gasteiger partial charge in [0.25, 0.3) is 0 Å². The number of benzene rings is 5. The van der Waals surface area contributed by atoms with E-state index in [0.717, 1.165) is 12.3 Å². The normalized spacial score (nSPS) is 15.2. The number of rotatable bonds is 7. The van der Waals surface area contributed by atoms with Gasteiger partial charge in [-0.3, -0.25) is 4.55 Å². The van der Waals surface area contributed by atoms with Gasteiger partial charge in [-0.1, -0.05) is 128 Å². The minimum atomic E-state index is -7.37. The van der Waals surface area contributed by atoms with Crippen molar-refractivity contribution < 1.29 is 52.5 Å². The largest absolute Gasteiger partial charge is 0.460 e. The van der Waals surface area contributed by atoms with Crippen molar-refractivity contribution in [3.63, 3.8) is 0 Å². The Kier molecular flexibility index (Phi) is 10.5. The number of alkyl halides is 9. The molecule has 0 atom stereocenters. The molecule has 1 fully saturated rings. The molecule has 0 saturated heterocycles.